The van der Waals surface area contributed by atoms with Crippen LogP contribution in [0.1, 0.15) is 18.9 Å². The lowest BCUT2D eigenvalue weighted by molar-refractivity contribution is -0.0139. The highest BCUT2D eigenvalue weighted by Crippen LogP contribution is 2.25. The van der Waals surface area contributed by atoms with E-state index in [1.807, 2.05) is 25.1 Å². The molecule has 0 aromatic heterocycles. The van der Waals surface area contributed by atoms with E-state index in [-0.39, 0.29) is 24.5 Å². The molecule has 0 amide bonds. The Morgan fingerprint density at radius 3 is 2.67 bits per heavy atom. The second-order valence-electron chi connectivity index (χ2n) is 5.40. The van der Waals surface area contributed by atoms with E-state index in [0.29, 0.717) is 6.54 Å². The van der Waals surface area contributed by atoms with Crippen LogP contribution in [-0.4, -0.2) is 40.9 Å². The summed E-state index contributed by atoms with van der Waals surface area (Å²) in [5.41, 5.74) is 1.29. The average Bonchev–Trinajstić information content (AvgIpc) is 2.39. The number of benzene rings is 1. The quantitative estimate of drug-likeness (QED) is 0.850. The number of hydrogen-bond acceptors (Lipinski definition) is 3. The summed E-state index contributed by atoms with van der Waals surface area (Å²) < 4.78 is 0. The zero-order valence-corrected chi connectivity index (χ0v) is 11.0. The number of rotatable bonds is 4. The first kappa shape index (κ1) is 13.5. The minimum Gasteiger partial charge on any atom is -0.396 e. The van der Waals surface area contributed by atoms with E-state index in [0.717, 1.165) is 19.5 Å². The van der Waals surface area contributed by atoms with Crippen LogP contribution in [0, 0.1) is 11.8 Å². The maximum atomic E-state index is 10.2. The first-order valence-electron chi connectivity index (χ1n) is 6.76. The highest BCUT2D eigenvalue weighted by molar-refractivity contribution is 5.14. The van der Waals surface area contributed by atoms with Crippen molar-refractivity contribution in [1.29, 1.82) is 0 Å². The highest BCUT2D eigenvalue weighted by atomic mass is 16.3. The number of hydrogen-bond donors (Lipinski definition) is 2. The molecule has 3 nitrogen and oxygen atoms in total. The third kappa shape index (κ3) is 3.31. The monoisotopic (exact) mass is 249 g/mol. The molecule has 1 aliphatic rings. The van der Waals surface area contributed by atoms with Gasteiger partial charge in [-0.1, -0.05) is 37.3 Å². The largest absolute Gasteiger partial charge is 0.396 e. The van der Waals surface area contributed by atoms with Gasteiger partial charge in [-0.25, -0.2) is 0 Å². The van der Waals surface area contributed by atoms with Gasteiger partial charge in [0.05, 0.1) is 6.10 Å². The van der Waals surface area contributed by atoms with Crippen molar-refractivity contribution < 1.29 is 10.2 Å². The van der Waals surface area contributed by atoms with Crippen LogP contribution in [0.2, 0.25) is 0 Å². The topological polar surface area (TPSA) is 43.7 Å². The highest BCUT2D eigenvalue weighted by Gasteiger charge is 2.30. The molecule has 1 fully saturated rings. The van der Waals surface area contributed by atoms with Crippen LogP contribution in [0.3, 0.4) is 0 Å². The van der Waals surface area contributed by atoms with E-state index in [1.165, 1.54) is 5.56 Å². The third-order valence-electron chi connectivity index (χ3n) is 3.99. The van der Waals surface area contributed by atoms with Gasteiger partial charge in [-0.05, 0) is 30.4 Å². The summed E-state index contributed by atoms with van der Waals surface area (Å²) in [6, 6.07) is 10.4. The Morgan fingerprint density at radius 2 is 2.06 bits per heavy atom. The normalized spacial score (nSPS) is 27.1. The fraction of sp³-hybridized carbons (Fsp3) is 0.600. The summed E-state index contributed by atoms with van der Waals surface area (Å²) in [4.78, 5) is 2.29. The standard InChI is InChI=1S/C15H23NO2/c1-12(11-17)14-7-8-16(10-15(14)18)9-13-5-3-2-4-6-13/h2-6,12,14-15,17-18H,7-11H2,1H3. The number of aliphatic hydroxyl groups is 2. The van der Waals surface area contributed by atoms with Crippen LogP contribution in [-0.2, 0) is 6.54 Å². The molecule has 2 N–H and O–H groups in total. The first-order valence-corrected chi connectivity index (χ1v) is 6.76. The summed E-state index contributed by atoms with van der Waals surface area (Å²) in [5, 5.41) is 19.3. The van der Waals surface area contributed by atoms with Crippen LogP contribution in [0.5, 0.6) is 0 Å². The Bertz CT molecular complexity index is 355. The van der Waals surface area contributed by atoms with E-state index in [1.54, 1.807) is 0 Å². The van der Waals surface area contributed by atoms with Crippen molar-refractivity contribution in [3.63, 3.8) is 0 Å². The molecule has 1 heterocycles. The predicted octanol–water partition coefficient (Wildman–Crippen LogP) is 1.50. The Morgan fingerprint density at radius 1 is 1.33 bits per heavy atom. The molecule has 1 saturated heterocycles. The van der Waals surface area contributed by atoms with Gasteiger partial charge >= 0.3 is 0 Å². The Balaban J connectivity index is 1.88. The van der Waals surface area contributed by atoms with Crippen LogP contribution in [0.25, 0.3) is 0 Å². The molecule has 1 aromatic carbocycles. The number of aliphatic hydroxyl groups excluding tert-OH is 2. The van der Waals surface area contributed by atoms with Gasteiger partial charge in [-0.15, -0.1) is 0 Å². The molecule has 0 saturated carbocycles. The SMILES string of the molecule is CC(CO)C1CCN(Cc2ccccc2)CC1O. The van der Waals surface area contributed by atoms with Crippen molar-refractivity contribution in [2.45, 2.75) is 26.0 Å². The Hall–Kier alpha value is -0.900. The van der Waals surface area contributed by atoms with E-state index in [9.17, 15) is 10.2 Å². The molecule has 100 valence electrons. The van der Waals surface area contributed by atoms with Crippen molar-refractivity contribution in [2.24, 2.45) is 11.8 Å². The van der Waals surface area contributed by atoms with Crippen LogP contribution < -0.4 is 0 Å². The van der Waals surface area contributed by atoms with Gasteiger partial charge in [0.2, 0.25) is 0 Å². The molecule has 0 radical (unpaired) electrons. The van der Waals surface area contributed by atoms with Gasteiger partial charge in [0.15, 0.2) is 0 Å². The molecule has 0 bridgehead atoms. The second kappa shape index (κ2) is 6.32. The zero-order chi connectivity index (χ0) is 13.0. The summed E-state index contributed by atoms with van der Waals surface area (Å²) in [5.74, 6) is 0.431. The molecule has 1 aliphatic heterocycles. The van der Waals surface area contributed by atoms with Crippen molar-refractivity contribution in [2.75, 3.05) is 19.7 Å². The zero-order valence-electron chi connectivity index (χ0n) is 11.0. The van der Waals surface area contributed by atoms with E-state index in [4.69, 9.17) is 0 Å². The molecule has 0 aliphatic carbocycles. The van der Waals surface area contributed by atoms with Gasteiger partial charge in [-0.3, -0.25) is 4.90 Å². The molecular weight excluding hydrogens is 226 g/mol. The lowest BCUT2D eigenvalue weighted by Crippen LogP contribution is -2.45. The van der Waals surface area contributed by atoms with Gasteiger partial charge in [0.25, 0.3) is 0 Å². The Labute approximate surface area is 109 Å². The van der Waals surface area contributed by atoms with Gasteiger partial charge < -0.3 is 10.2 Å². The molecule has 3 atom stereocenters. The molecular formula is C15H23NO2. The smallest absolute Gasteiger partial charge is 0.0699 e. The van der Waals surface area contributed by atoms with Gasteiger partial charge in [0.1, 0.15) is 0 Å². The summed E-state index contributed by atoms with van der Waals surface area (Å²) in [7, 11) is 0. The van der Waals surface area contributed by atoms with Crippen molar-refractivity contribution >= 4 is 0 Å². The fourth-order valence-electron chi connectivity index (χ4n) is 2.80. The number of piperidine rings is 1. The molecule has 18 heavy (non-hydrogen) atoms. The van der Waals surface area contributed by atoms with E-state index >= 15 is 0 Å². The average molecular weight is 249 g/mol. The summed E-state index contributed by atoms with van der Waals surface area (Å²) in [6.07, 6.45) is 0.653. The molecule has 0 spiro atoms. The number of nitrogens with zero attached hydrogens (tertiary/aromatic N) is 1. The fourth-order valence-corrected chi connectivity index (χ4v) is 2.80. The first-order chi connectivity index (χ1) is 8.70. The van der Waals surface area contributed by atoms with Crippen LogP contribution in [0.15, 0.2) is 30.3 Å². The molecule has 3 heteroatoms. The number of likely N-dealkylation sites (tertiary alicyclic amines) is 1. The van der Waals surface area contributed by atoms with E-state index < -0.39 is 0 Å². The number of β-amino-alcohol motifs (C(OH)–C–C–N with tert-alkyl or cyclic N) is 1. The summed E-state index contributed by atoms with van der Waals surface area (Å²) in [6.45, 7) is 4.80. The molecule has 2 rings (SSSR count). The molecule has 3 unspecified atom stereocenters. The minimum absolute atomic E-state index is 0.167. The Kier molecular flexibility index (Phi) is 4.75. The van der Waals surface area contributed by atoms with Crippen molar-refractivity contribution in [3.8, 4) is 0 Å². The third-order valence-corrected chi connectivity index (χ3v) is 3.99. The van der Waals surface area contributed by atoms with Crippen molar-refractivity contribution in [1.82, 2.24) is 4.90 Å². The van der Waals surface area contributed by atoms with Crippen LogP contribution >= 0.6 is 0 Å². The maximum absolute atomic E-state index is 10.2. The van der Waals surface area contributed by atoms with Crippen LogP contribution in [0.4, 0.5) is 0 Å². The predicted molar refractivity (Wildman–Crippen MR) is 72.1 cm³/mol. The lowest BCUT2D eigenvalue weighted by Gasteiger charge is -2.38. The summed E-state index contributed by atoms with van der Waals surface area (Å²) >= 11 is 0. The van der Waals surface area contributed by atoms with E-state index in [2.05, 4.69) is 17.0 Å². The lowest BCUT2D eigenvalue weighted by atomic mass is 9.83. The molecule has 1 aromatic rings. The second-order valence-corrected chi connectivity index (χ2v) is 5.40. The van der Waals surface area contributed by atoms with Crippen molar-refractivity contribution in [3.05, 3.63) is 35.9 Å². The van der Waals surface area contributed by atoms with Gasteiger partial charge in [-0.2, -0.15) is 0 Å². The minimum atomic E-state index is -0.315. The van der Waals surface area contributed by atoms with Gasteiger partial charge in [0, 0.05) is 19.7 Å². The maximum Gasteiger partial charge on any atom is 0.0699 e.